The van der Waals surface area contributed by atoms with Crippen molar-refractivity contribution in [1.29, 1.82) is 0 Å². The van der Waals surface area contributed by atoms with Gasteiger partial charge in [-0.05, 0) is 12.8 Å². The summed E-state index contributed by atoms with van der Waals surface area (Å²) in [5.41, 5.74) is 1.38. The Hall–Kier alpha value is -0.520. The predicted octanol–water partition coefficient (Wildman–Crippen LogP) is 3.70. The van der Waals surface area contributed by atoms with Crippen molar-refractivity contribution in [3.05, 3.63) is 24.3 Å². The minimum atomic E-state index is 1.12. The van der Waals surface area contributed by atoms with E-state index in [1.54, 1.807) is 0 Å². The highest BCUT2D eigenvalue weighted by molar-refractivity contribution is 5.14. The van der Waals surface area contributed by atoms with Crippen LogP contribution < -0.4 is 0 Å². The van der Waals surface area contributed by atoms with Gasteiger partial charge in [0.2, 0.25) is 0 Å². The van der Waals surface area contributed by atoms with Gasteiger partial charge in [-0.15, -0.1) is 0 Å². The third kappa shape index (κ3) is 4.37. The molecule has 58 valence electrons. The maximum Gasteiger partial charge on any atom is -0.0311 e. The van der Waals surface area contributed by atoms with Crippen LogP contribution in [0.25, 0.3) is 0 Å². The summed E-state index contributed by atoms with van der Waals surface area (Å²) in [5, 5.41) is 0. The number of rotatable bonds is 5. The Balaban J connectivity index is 3.53. The molecule has 0 atom stereocenters. The van der Waals surface area contributed by atoms with Crippen LogP contribution in [0.3, 0.4) is 0 Å². The first-order chi connectivity index (χ1) is 4.85. The molecule has 0 radical (unpaired) electrons. The summed E-state index contributed by atoms with van der Waals surface area (Å²) in [6, 6.07) is 0. The fourth-order valence-corrected chi connectivity index (χ4v) is 0.864. The highest BCUT2D eigenvalue weighted by atomic mass is 13.9. The monoisotopic (exact) mass is 138 g/mol. The second-order valence-electron chi connectivity index (χ2n) is 2.48. The SMILES string of the molecule is C=CC(=CCCCC)CC. The minimum absolute atomic E-state index is 1.12. The predicted molar refractivity (Wildman–Crippen MR) is 48.1 cm³/mol. The van der Waals surface area contributed by atoms with E-state index in [2.05, 4.69) is 26.5 Å². The molecule has 0 unspecified atom stereocenters. The van der Waals surface area contributed by atoms with Crippen molar-refractivity contribution in [3.63, 3.8) is 0 Å². The first-order valence-electron chi connectivity index (χ1n) is 4.16. The minimum Gasteiger partial charge on any atom is -0.0988 e. The molecule has 0 N–H and O–H groups in total. The van der Waals surface area contributed by atoms with E-state index in [0.29, 0.717) is 0 Å². The molecule has 0 saturated heterocycles. The lowest BCUT2D eigenvalue weighted by Gasteiger charge is -1.94. The Morgan fingerprint density at radius 2 is 2.10 bits per heavy atom. The molecule has 0 bridgehead atoms. The Bertz CT molecular complexity index is 109. The molecule has 0 aliphatic heterocycles. The first kappa shape index (κ1) is 9.48. The van der Waals surface area contributed by atoms with Crippen LogP contribution in [0, 0.1) is 0 Å². The largest absolute Gasteiger partial charge is 0.0988 e. The molecule has 0 fully saturated rings. The molecule has 0 heterocycles. The Morgan fingerprint density at radius 1 is 1.40 bits per heavy atom. The van der Waals surface area contributed by atoms with E-state index in [1.807, 2.05) is 6.08 Å². The maximum absolute atomic E-state index is 3.74. The van der Waals surface area contributed by atoms with Crippen LogP contribution in [0.15, 0.2) is 24.3 Å². The normalized spacial score (nSPS) is 11.6. The molecule has 0 amide bonds. The molecule has 0 aromatic carbocycles. The number of hydrogen-bond acceptors (Lipinski definition) is 0. The van der Waals surface area contributed by atoms with Crippen LogP contribution in [0.1, 0.15) is 39.5 Å². The summed E-state index contributed by atoms with van der Waals surface area (Å²) in [5.74, 6) is 0. The van der Waals surface area contributed by atoms with Crippen molar-refractivity contribution >= 4 is 0 Å². The standard InChI is InChI=1S/C10H18/c1-4-7-8-9-10(5-2)6-3/h5,9H,2,4,6-8H2,1,3H3. The highest BCUT2D eigenvalue weighted by Gasteiger charge is 1.84. The van der Waals surface area contributed by atoms with Crippen molar-refractivity contribution in [2.75, 3.05) is 0 Å². The van der Waals surface area contributed by atoms with Crippen LogP contribution in [-0.4, -0.2) is 0 Å². The average Bonchev–Trinajstić information content (AvgIpc) is 1.99. The first-order valence-corrected chi connectivity index (χ1v) is 4.16. The van der Waals surface area contributed by atoms with Crippen molar-refractivity contribution in [2.45, 2.75) is 39.5 Å². The fourth-order valence-electron chi connectivity index (χ4n) is 0.864. The van der Waals surface area contributed by atoms with Gasteiger partial charge in [0.05, 0.1) is 0 Å². The van der Waals surface area contributed by atoms with E-state index >= 15 is 0 Å². The third-order valence-electron chi connectivity index (χ3n) is 1.63. The van der Waals surface area contributed by atoms with E-state index in [1.165, 1.54) is 24.8 Å². The lowest BCUT2D eigenvalue weighted by Crippen LogP contribution is -1.74. The van der Waals surface area contributed by atoms with Crippen LogP contribution in [0.2, 0.25) is 0 Å². The molecule has 0 spiro atoms. The van der Waals surface area contributed by atoms with Gasteiger partial charge in [0.15, 0.2) is 0 Å². The molecule has 0 aliphatic carbocycles. The lowest BCUT2D eigenvalue weighted by atomic mass is 10.1. The van der Waals surface area contributed by atoms with Gasteiger partial charge in [0.1, 0.15) is 0 Å². The van der Waals surface area contributed by atoms with Gasteiger partial charge in [-0.1, -0.05) is 51.0 Å². The van der Waals surface area contributed by atoms with E-state index in [9.17, 15) is 0 Å². The van der Waals surface area contributed by atoms with Gasteiger partial charge in [-0.2, -0.15) is 0 Å². The summed E-state index contributed by atoms with van der Waals surface area (Å²) in [6.07, 6.45) is 9.16. The summed E-state index contributed by atoms with van der Waals surface area (Å²) in [7, 11) is 0. The molecule has 0 saturated carbocycles. The quantitative estimate of drug-likeness (QED) is 0.401. The van der Waals surface area contributed by atoms with Crippen LogP contribution in [-0.2, 0) is 0 Å². The lowest BCUT2D eigenvalue weighted by molar-refractivity contribution is 0.810. The molecule has 0 aromatic rings. The fraction of sp³-hybridized carbons (Fsp3) is 0.600. The molecule has 0 heteroatoms. The van der Waals surface area contributed by atoms with E-state index < -0.39 is 0 Å². The molecule has 10 heavy (non-hydrogen) atoms. The molecule has 0 rings (SSSR count). The van der Waals surface area contributed by atoms with E-state index in [0.717, 1.165) is 6.42 Å². The van der Waals surface area contributed by atoms with E-state index in [4.69, 9.17) is 0 Å². The van der Waals surface area contributed by atoms with Gasteiger partial charge in [0.25, 0.3) is 0 Å². The Labute approximate surface area is 64.6 Å². The summed E-state index contributed by atoms with van der Waals surface area (Å²) in [6.45, 7) is 8.12. The van der Waals surface area contributed by atoms with E-state index in [-0.39, 0.29) is 0 Å². The zero-order chi connectivity index (χ0) is 7.82. The average molecular weight is 138 g/mol. The van der Waals surface area contributed by atoms with Gasteiger partial charge >= 0.3 is 0 Å². The third-order valence-corrected chi connectivity index (χ3v) is 1.63. The van der Waals surface area contributed by atoms with Gasteiger partial charge in [0, 0.05) is 0 Å². The topological polar surface area (TPSA) is 0 Å². The number of allylic oxidation sites excluding steroid dienone is 3. The van der Waals surface area contributed by atoms with Gasteiger partial charge in [-0.3, -0.25) is 0 Å². The van der Waals surface area contributed by atoms with Gasteiger partial charge in [-0.25, -0.2) is 0 Å². The van der Waals surface area contributed by atoms with Crippen LogP contribution in [0.5, 0.6) is 0 Å². The summed E-state index contributed by atoms with van der Waals surface area (Å²) < 4.78 is 0. The molecule has 0 nitrogen and oxygen atoms in total. The zero-order valence-electron chi connectivity index (χ0n) is 7.19. The van der Waals surface area contributed by atoms with Crippen molar-refractivity contribution in [1.82, 2.24) is 0 Å². The molecule has 0 aromatic heterocycles. The Morgan fingerprint density at radius 3 is 2.50 bits per heavy atom. The van der Waals surface area contributed by atoms with Gasteiger partial charge < -0.3 is 0 Å². The maximum atomic E-state index is 3.74. The zero-order valence-corrected chi connectivity index (χ0v) is 7.19. The summed E-state index contributed by atoms with van der Waals surface area (Å²) >= 11 is 0. The smallest absolute Gasteiger partial charge is 0.0311 e. The summed E-state index contributed by atoms with van der Waals surface area (Å²) in [4.78, 5) is 0. The highest BCUT2D eigenvalue weighted by Crippen LogP contribution is 2.05. The molecular weight excluding hydrogens is 120 g/mol. The second kappa shape index (κ2) is 6.60. The van der Waals surface area contributed by atoms with Crippen LogP contribution >= 0.6 is 0 Å². The van der Waals surface area contributed by atoms with Crippen molar-refractivity contribution < 1.29 is 0 Å². The number of unbranched alkanes of at least 4 members (excludes halogenated alkanes) is 2. The van der Waals surface area contributed by atoms with Crippen molar-refractivity contribution in [3.8, 4) is 0 Å². The Kier molecular flexibility index (Phi) is 6.25. The van der Waals surface area contributed by atoms with Crippen LogP contribution in [0.4, 0.5) is 0 Å². The molecular formula is C10H18. The second-order valence-corrected chi connectivity index (χ2v) is 2.48. The van der Waals surface area contributed by atoms with Crippen molar-refractivity contribution in [2.24, 2.45) is 0 Å². The molecule has 0 aliphatic rings. The number of hydrogen-bond donors (Lipinski definition) is 0.